The third kappa shape index (κ3) is 4.36. The van der Waals surface area contributed by atoms with E-state index in [1.807, 2.05) is 6.92 Å². The SMILES string of the molecule is Cc1ccc(S(=O)(=O)N/N=C(\c2c(Cl)cccc2Cl)N2CC(C)(F)C2)cc1. The van der Waals surface area contributed by atoms with Crippen LogP contribution in [0.1, 0.15) is 18.1 Å². The average molecular weight is 430 g/mol. The average Bonchev–Trinajstić information content (AvgIpc) is 2.55. The van der Waals surface area contributed by atoms with Gasteiger partial charge in [-0.05, 0) is 38.1 Å². The zero-order chi connectivity index (χ0) is 19.8. The number of aryl methyl sites for hydroxylation is 1. The number of halogens is 3. The number of sulfonamides is 1. The van der Waals surface area contributed by atoms with Crippen molar-refractivity contribution >= 4 is 39.1 Å². The normalized spacial score (nSPS) is 16.8. The summed E-state index contributed by atoms with van der Waals surface area (Å²) in [5.41, 5.74) is -0.101. The van der Waals surface area contributed by atoms with Crippen LogP contribution in [-0.2, 0) is 10.0 Å². The molecular weight excluding hydrogens is 412 g/mol. The Balaban J connectivity index is 1.97. The van der Waals surface area contributed by atoms with Gasteiger partial charge in [0.05, 0.1) is 33.6 Å². The first kappa shape index (κ1) is 19.9. The second-order valence-electron chi connectivity index (χ2n) is 6.71. The van der Waals surface area contributed by atoms with Crippen molar-refractivity contribution in [1.82, 2.24) is 9.73 Å². The van der Waals surface area contributed by atoms with E-state index in [-0.39, 0.29) is 23.8 Å². The molecule has 0 bridgehead atoms. The Morgan fingerprint density at radius 2 is 1.70 bits per heavy atom. The van der Waals surface area contributed by atoms with E-state index in [0.717, 1.165) is 5.56 Å². The Kier molecular flexibility index (Phi) is 5.38. The van der Waals surface area contributed by atoms with Gasteiger partial charge in [0.2, 0.25) is 0 Å². The zero-order valence-corrected chi connectivity index (χ0v) is 17.0. The molecule has 0 unspecified atom stereocenters. The van der Waals surface area contributed by atoms with Gasteiger partial charge in [0.1, 0.15) is 5.67 Å². The molecule has 0 spiro atoms. The summed E-state index contributed by atoms with van der Waals surface area (Å²) in [6.07, 6.45) is 0. The standard InChI is InChI=1S/C18H18Cl2FN3O2S/c1-12-6-8-13(9-7-12)27(25,26)23-22-17(24-10-18(2,21)11-24)16-14(19)4-3-5-15(16)20/h3-9,23H,10-11H2,1-2H3/b22-17+. The molecule has 2 aromatic rings. The molecule has 1 aliphatic heterocycles. The highest BCUT2D eigenvalue weighted by Crippen LogP contribution is 2.32. The van der Waals surface area contributed by atoms with Crippen molar-refractivity contribution in [1.29, 1.82) is 0 Å². The number of amidine groups is 1. The lowest BCUT2D eigenvalue weighted by molar-refractivity contribution is 0.0307. The van der Waals surface area contributed by atoms with Crippen molar-refractivity contribution in [3.8, 4) is 0 Å². The van der Waals surface area contributed by atoms with Crippen molar-refractivity contribution in [2.24, 2.45) is 5.10 Å². The van der Waals surface area contributed by atoms with E-state index in [0.29, 0.717) is 15.6 Å². The van der Waals surface area contributed by atoms with Crippen molar-refractivity contribution in [3.63, 3.8) is 0 Å². The fourth-order valence-corrected chi connectivity index (χ4v) is 4.14. The van der Waals surface area contributed by atoms with Gasteiger partial charge in [-0.25, -0.2) is 4.39 Å². The Hall–Kier alpha value is -1.83. The molecule has 9 heteroatoms. The van der Waals surface area contributed by atoms with E-state index in [1.165, 1.54) is 19.1 Å². The highest BCUT2D eigenvalue weighted by molar-refractivity contribution is 7.89. The molecule has 3 rings (SSSR count). The summed E-state index contributed by atoms with van der Waals surface area (Å²) in [7, 11) is -3.90. The van der Waals surface area contributed by atoms with Crippen LogP contribution >= 0.6 is 23.2 Å². The molecule has 27 heavy (non-hydrogen) atoms. The summed E-state index contributed by atoms with van der Waals surface area (Å²) in [4.78, 5) is 3.86. The van der Waals surface area contributed by atoms with E-state index < -0.39 is 15.7 Å². The van der Waals surface area contributed by atoms with Crippen molar-refractivity contribution in [3.05, 3.63) is 63.6 Å². The Bertz CT molecular complexity index is 964. The predicted octanol–water partition coefficient (Wildman–Crippen LogP) is 3.99. The Morgan fingerprint density at radius 3 is 2.22 bits per heavy atom. The van der Waals surface area contributed by atoms with E-state index >= 15 is 0 Å². The van der Waals surface area contributed by atoms with E-state index in [4.69, 9.17) is 23.2 Å². The van der Waals surface area contributed by atoms with Crippen LogP contribution in [0.3, 0.4) is 0 Å². The first-order chi connectivity index (χ1) is 12.6. The van der Waals surface area contributed by atoms with Crippen molar-refractivity contribution < 1.29 is 12.8 Å². The number of rotatable bonds is 4. The molecule has 5 nitrogen and oxygen atoms in total. The maximum absolute atomic E-state index is 14.0. The molecule has 0 aromatic heterocycles. The van der Waals surface area contributed by atoms with Gasteiger partial charge >= 0.3 is 0 Å². The number of nitrogens with one attached hydrogen (secondary N) is 1. The molecule has 1 saturated heterocycles. The second kappa shape index (κ2) is 7.30. The summed E-state index contributed by atoms with van der Waals surface area (Å²) >= 11 is 12.5. The Morgan fingerprint density at radius 1 is 1.15 bits per heavy atom. The third-order valence-electron chi connectivity index (χ3n) is 4.13. The molecule has 0 amide bonds. The third-order valence-corrected chi connectivity index (χ3v) is 5.98. The molecule has 1 heterocycles. The van der Waals surface area contributed by atoms with Crippen LogP contribution in [0.5, 0.6) is 0 Å². The van der Waals surface area contributed by atoms with Crippen LogP contribution in [0.15, 0.2) is 52.5 Å². The van der Waals surface area contributed by atoms with Gasteiger partial charge in [-0.2, -0.15) is 13.2 Å². The molecule has 1 N–H and O–H groups in total. The van der Waals surface area contributed by atoms with Gasteiger partial charge in [-0.15, -0.1) is 5.10 Å². The molecule has 0 radical (unpaired) electrons. The van der Waals surface area contributed by atoms with Gasteiger partial charge in [-0.3, -0.25) is 0 Å². The van der Waals surface area contributed by atoms with Gasteiger partial charge in [0, 0.05) is 0 Å². The number of alkyl halides is 1. The van der Waals surface area contributed by atoms with E-state index in [1.54, 1.807) is 35.2 Å². The van der Waals surface area contributed by atoms with Gasteiger partial charge in [-0.1, -0.05) is 47.0 Å². The largest absolute Gasteiger partial charge is 0.348 e. The fourth-order valence-electron chi connectivity index (χ4n) is 2.77. The van der Waals surface area contributed by atoms with Gasteiger partial charge < -0.3 is 4.90 Å². The summed E-state index contributed by atoms with van der Waals surface area (Å²) in [6.45, 7) is 3.43. The minimum Gasteiger partial charge on any atom is -0.348 e. The second-order valence-corrected chi connectivity index (χ2v) is 9.18. The molecule has 1 fully saturated rings. The molecule has 0 aliphatic carbocycles. The van der Waals surface area contributed by atoms with Crippen LogP contribution in [0.2, 0.25) is 10.0 Å². The number of likely N-dealkylation sites (tertiary alicyclic amines) is 1. The number of hydrazone groups is 1. The van der Waals surface area contributed by atoms with Crippen LogP contribution in [0, 0.1) is 6.92 Å². The number of benzene rings is 2. The van der Waals surface area contributed by atoms with Crippen LogP contribution in [0.25, 0.3) is 0 Å². The summed E-state index contributed by atoms with van der Waals surface area (Å²) in [5, 5.41) is 4.63. The smallest absolute Gasteiger partial charge is 0.276 e. The zero-order valence-electron chi connectivity index (χ0n) is 14.7. The van der Waals surface area contributed by atoms with Crippen LogP contribution in [0.4, 0.5) is 4.39 Å². The van der Waals surface area contributed by atoms with Crippen LogP contribution < -0.4 is 4.83 Å². The van der Waals surface area contributed by atoms with Gasteiger partial charge in [0.25, 0.3) is 10.0 Å². The molecule has 2 aromatic carbocycles. The molecule has 0 atom stereocenters. The predicted molar refractivity (Wildman–Crippen MR) is 106 cm³/mol. The summed E-state index contributed by atoms with van der Waals surface area (Å²) in [6, 6.07) is 11.2. The maximum atomic E-state index is 14.0. The molecule has 1 aliphatic rings. The van der Waals surface area contributed by atoms with E-state index in [9.17, 15) is 12.8 Å². The minimum absolute atomic E-state index is 0.0552. The number of hydrogen-bond donors (Lipinski definition) is 1. The van der Waals surface area contributed by atoms with Crippen molar-refractivity contribution in [2.45, 2.75) is 24.4 Å². The fraction of sp³-hybridized carbons (Fsp3) is 0.278. The quantitative estimate of drug-likeness (QED) is 0.454. The minimum atomic E-state index is -3.90. The molecular formula is C18H18Cl2FN3O2S. The number of nitrogens with zero attached hydrogens (tertiary/aromatic N) is 2. The van der Waals surface area contributed by atoms with Gasteiger partial charge in [0.15, 0.2) is 5.84 Å². The van der Waals surface area contributed by atoms with E-state index in [2.05, 4.69) is 9.93 Å². The highest BCUT2D eigenvalue weighted by atomic mass is 35.5. The van der Waals surface area contributed by atoms with Crippen molar-refractivity contribution in [2.75, 3.05) is 13.1 Å². The maximum Gasteiger partial charge on any atom is 0.276 e. The highest BCUT2D eigenvalue weighted by Gasteiger charge is 2.41. The summed E-state index contributed by atoms with van der Waals surface area (Å²) in [5.74, 6) is 0.177. The topological polar surface area (TPSA) is 61.8 Å². The first-order valence-electron chi connectivity index (χ1n) is 8.13. The molecule has 144 valence electrons. The lowest BCUT2D eigenvalue weighted by Gasteiger charge is -2.44. The lowest BCUT2D eigenvalue weighted by atomic mass is 9.97. The lowest BCUT2D eigenvalue weighted by Crippen LogP contribution is -2.59. The first-order valence-corrected chi connectivity index (χ1v) is 10.4. The Labute approximate surface area is 167 Å². The monoisotopic (exact) mass is 429 g/mol. The van der Waals surface area contributed by atoms with Crippen LogP contribution in [-0.4, -0.2) is 37.9 Å². The number of hydrogen-bond acceptors (Lipinski definition) is 3. The molecule has 0 saturated carbocycles. The summed E-state index contributed by atoms with van der Waals surface area (Å²) < 4.78 is 39.1.